The largest absolute Gasteiger partial charge is 0.478 e. The summed E-state index contributed by atoms with van der Waals surface area (Å²) in [6.45, 7) is 3.58. The first-order valence-corrected chi connectivity index (χ1v) is 10.6. The number of nitrogens with zero attached hydrogens (tertiary/aromatic N) is 2. The molecule has 3 heterocycles. The summed E-state index contributed by atoms with van der Waals surface area (Å²) in [5, 5.41) is 21.3. The van der Waals surface area contributed by atoms with E-state index in [0.29, 0.717) is 52.7 Å². The SMILES string of the molecule is CCON=C1CN2[C@H]3CC[C@@H]2[C@@H]1[C@@H](c1ccc(Cl)c(Cl)c1)C3.O=C(O)C=CC(=O)O. The zero-order valence-corrected chi connectivity index (χ0v) is 18.0. The van der Waals surface area contributed by atoms with Crippen molar-refractivity contribution in [1.82, 2.24) is 4.90 Å². The maximum absolute atomic E-state index is 9.55. The molecule has 0 aliphatic carbocycles. The number of oxime groups is 1. The number of benzene rings is 1. The van der Waals surface area contributed by atoms with Gasteiger partial charge in [0.1, 0.15) is 6.61 Å². The van der Waals surface area contributed by atoms with Gasteiger partial charge in [-0.2, -0.15) is 0 Å². The minimum atomic E-state index is -1.26. The average Bonchev–Trinajstić information content (AvgIpc) is 3.12. The lowest BCUT2D eigenvalue weighted by molar-refractivity contribution is -0.134. The molecule has 3 aliphatic rings. The van der Waals surface area contributed by atoms with Crippen LogP contribution < -0.4 is 0 Å². The van der Waals surface area contributed by atoms with Gasteiger partial charge in [0.15, 0.2) is 0 Å². The molecule has 162 valence electrons. The zero-order valence-electron chi connectivity index (χ0n) is 16.5. The molecule has 4 bridgehead atoms. The fourth-order valence-electron chi connectivity index (χ4n) is 4.77. The zero-order chi connectivity index (χ0) is 21.8. The Hall–Kier alpha value is -2.09. The summed E-state index contributed by atoms with van der Waals surface area (Å²) in [4.78, 5) is 27.1. The van der Waals surface area contributed by atoms with E-state index in [-0.39, 0.29) is 0 Å². The highest BCUT2D eigenvalue weighted by Gasteiger charge is 2.54. The summed E-state index contributed by atoms with van der Waals surface area (Å²) in [6.07, 6.45) is 4.88. The normalized spacial score (nSPS) is 30.2. The Morgan fingerprint density at radius 2 is 1.90 bits per heavy atom. The highest BCUT2D eigenvalue weighted by atomic mass is 35.5. The summed E-state index contributed by atoms with van der Waals surface area (Å²) in [5.41, 5.74) is 2.51. The van der Waals surface area contributed by atoms with Crippen LogP contribution in [0.3, 0.4) is 0 Å². The Morgan fingerprint density at radius 1 is 1.20 bits per heavy atom. The van der Waals surface area contributed by atoms with Crippen LogP contribution in [0.25, 0.3) is 0 Å². The van der Waals surface area contributed by atoms with Gasteiger partial charge in [0.25, 0.3) is 0 Å². The van der Waals surface area contributed by atoms with Crippen molar-refractivity contribution in [3.63, 3.8) is 0 Å². The number of hydrogen-bond acceptors (Lipinski definition) is 5. The molecule has 0 spiro atoms. The van der Waals surface area contributed by atoms with Crippen molar-refractivity contribution in [2.24, 2.45) is 11.1 Å². The Bertz CT molecular complexity index is 857. The van der Waals surface area contributed by atoms with E-state index in [9.17, 15) is 9.59 Å². The topological polar surface area (TPSA) is 99.4 Å². The molecule has 1 aromatic carbocycles. The lowest BCUT2D eigenvalue weighted by Gasteiger charge is -2.36. The molecule has 2 N–H and O–H groups in total. The average molecular weight is 455 g/mol. The summed E-state index contributed by atoms with van der Waals surface area (Å²) in [7, 11) is 0. The van der Waals surface area contributed by atoms with Gasteiger partial charge in [0, 0.05) is 36.7 Å². The molecule has 3 aliphatic heterocycles. The van der Waals surface area contributed by atoms with Crippen molar-refractivity contribution < 1.29 is 24.6 Å². The molecule has 1 unspecified atom stereocenters. The van der Waals surface area contributed by atoms with E-state index in [2.05, 4.69) is 16.1 Å². The first-order chi connectivity index (χ1) is 14.3. The molecular formula is C21H24Cl2N2O5. The molecule has 0 amide bonds. The van der Waals surface area contributed by atoms with Crippen LogP contribution in [0.1, 0.15) is 37.7 Å². The van der Waals surface area contributed by atoms with Crippen LogP contribution in [-0.4, -0.2) is 58.0 Å². The van der Waals surface area contributed by atoms with E-state index in [1.54, 1.807) is 0 Å². The van der Waals surface area contributed by atoms with E-state index in [1.165, 1.54) is 30.5 Å². The van der Waals surface area contributed by atoms with Crippen molar-refractivity contribution in [3.8, 4) is 0 Å². The number of piperidine rings is 1. The molecule has 5 atom stereocenters. The molecule has 3 saturated heterocycles. The molecule has 0 radical (unpaired) electrons. The van der Waals surface area contributed by atoms with Gasteiger partial charge in [-0.25, -0.2) is 9.59 Å². The van der Waals surface area contributed by atoms with E-state index < -0.39 is 11.9 Å². The summed E-state index contributed by atoms with van der Waals surface area (Å²) < 4.78 is 0. The van der Waals surface area contributed by atoms with Gasteiger partial charge >= 0.3 is 11.9 Å². The molecule has 30 heavy (non-hydrogen) atoms. The minimum Gasteiger partial charge on any atom is -0.478 e. The lowest BCUT2D eigenvalue weighted by atomic mass is 9.77. The Kier molecular flexibility index (Phi) is 7.39. The number of aliphatic carboxylic acids is 2. The smallest absolute Gasteiger partial charge is 0.328 e. The third kappa shape index (κ3) is 4.96. The van der Waals surface area contributed by atoms with E-state index in [0.717, 1.165) is 6.54 Å². The molecule has 4 rings (SSSR count). The van der Waals surface area contributed by atoms with Gasteiger partial charge in [0.2, 0.25) is 0 Å². The van der Waals surface area contributed by atoms with Crippen LogP contribution in [0.15, 0.2) is 35.5 Å². The molecule has 1 aromatic rings. The first-order valence-electron chi connectivity index (χ1n) is 9.85. The van der Waals surface area contributed by atoms with Gasteiger partial charge in [-0.1, -0.05) is 34.4 Å². The van der Waals surface area contributed by atoms with Crippen LogP contribution in [0.4, 0.5) is 0 Å². The van der Waals surface area contributed by atoms with Crippen molar-refractivity contribution in [1.29, 1.82) is 0 Å². The van der Waals surface area contributed by atoms with Gasteiger partial charge in [-0.3, -0.25) is 4.90 Å². The predicted octanol–water partition coefficient (Wildman–Crippen LogP) is 4.05. The highest BCUT2D eigenvalue weighted by molar-refractivity contribution is 6.42. The second kappa shape index (κ2) is 9.81. The summed E-state index contributed by atoms with van der Waals surface area (Å²) >= 11 is 12.3. The fourth-order valence-corrected chi connectivity index (χ4v) is 5.08. The molecule has 9 heteroatoms. The minimum absolute atomic E-state index is 0.461. The standard InChI is InChI=1S/C17H20Cl2N2O.C4H4O4/c1-2-22-20-15-9-21-11-4-6-16(21)17(15)12(8-11)10-3-5-13(18)14(19)7-10;5-3(6)1-2-4(7)8/h3,5,7,11-12,16-17H,2,4,6,8-9H2,1H3;1-2H,(H,5,6)(H,7,8)/t11-,12+,16+,17+;/m0./s1. The van der Waals surface area contributed by atoms with Crippen LogP contribution in [-0.2, 0) is 14.4 Å². The second-order valence-electron chi connectivity index (χ2n) is 7.52. The van der Waals surface area contributed by atoms with Crippen LogP contribution >= 0.6 is 23.2 Å². The van der Waals surface area contributed by atoms with Gasteiger partial charge < -0.3 is 15.1 Å². The van der Waals surface area contributed by atoms with E-state index in [4.69, 9.17) is 38.3 Å². The number of halogens is 2. The Labute approximate surface area is 184 Å². The number of carboxylic acid groups (broad SMARTS) is 2. The first kappa shape index (κ1) is 22.6. The fraction of sp³-hybridized carbons (Fsp3) is 0.476. The number of carboxylic acids is 2. The number of hydrogen-bond donors (Lipinski definition) is 2. The predicted molar refractivity (Wildman–Crippen MR) is 114 cm³/mol. The Morgan fingerprint density at radius 3 is 2.50 bits per heavy atom. The maximum Gasteiger partial charge on any atom is 0.328 e. The second-order valence-corrected chi connectivity index (χ2v) is 8.34. The quantitative estimate of drug-likeness (QED) is 0.514. The summed E-state index contributed by atoms with van der Waals surface area (Å²) in [6, 6.07) is 7.39. The van der Waals surface area contributed by atoms with E-state index >= 15 is 0 Å². The van der Waals surface area contributed by atoms with Crippen molar-refractivity contribution in [2.75, 3.05) is 13.2 Å². The summed E-state index contributed by atoms with van der Waals surface area (Å²) in [5.74, 6) is -1.58. The molecular weight excluding hydrogens is 431 g/mol. The number of rotatable bonds is 5. The number of carbonyl (C=O) groups is 2. The van der Waals surface area contributed by atoms with Gasteiger partial charge in [0.05, 0.1) is 15.8 Å². The molecule has 0 saturated carbocycles. The van der Waals surface area contributed by atoms with Crippen molar-refractivity contribution in [2.45, 2.75) is 44.2 Å². The van der Waals surface area contributed by atoms with Gasteiger partial charge in [-0.15, -0.1) is 0 Å². The van der Waals surface area contributed by atoms with Crippen molar-refractivity contribution >= 4 is 40.9 Å². The molecule has 0 aromatic heterocycles. The van der Waals surface area contributed by atoms with Crippen LogP contribution in [0.5, 0.6) is 0 Å². The maximum atomic E-state index is 9.55. The molecule has 3 fully saturated rings. The van der Waals surface area contributed by atoms with Crippen LogP contribution in [0, 0.1) is 5.92 Å². The Balaban J connectivity index is 0.000000275. The lowest BCUT2D eigenvalue weighted by Crippen LogP contribution is -2.40. The third-order valence-electron chi connectivity index (χ3n) is 5.85. The highest BCUT2D eigenvalue weighted by Crippen LogP contribution is 2.51. The third-order valence-corrected chi connectivity index (χ3v) is 6.58. The molecule has 7 nitrogen and oxygen atoms in total. The van der Waals surface area contributed by atoms with Crippen molar-refractivity contribution in [3.05, 3.63) is 46.0 Å². The van der Waals surface area contributed by atoms with Crippen LogP contribution in [0.2, 0.25) is 10.0 Å². The van der Waals surface area contributed by atoms with Gasteiger partial charge in [-0.05, 0) is 49.8 Å². The monoisotopic (exact) mass is 454 g/mol. The van der Waals surface area contributed by atoms with E-state index in [1.807, 2.05) is 19.1 Å².